The third-order valence-corrected chi connectivity index (χ3v) is 5.02. The summed E-state index contributed by atoms with van der Waals surface area (Å²) in [6, 6.07) is 8.80. The number of benzene rings is 1. The van der Waals surface area contributed by atoms with E-state index in [9.17, 15) is 14.4 Å². The number of ether oxygens (including phenoxy) is 2. The number of hydrogen-bond acceptors (Lipinski definition) is 6. The summed E-state index contributed by atoms with van der Waals surface area (Å²) in [5.41, 5.74) is 0.985. The second-order valence-electron chi connectivity index (χ2n) is 5.75. The molecule has 1 aromatic heterocycles. The number of esters is 2. The summed E-state index contributed by atoms with van der Waals surface area (Å²) in [5, 5.41) is 7.52. The van der Waals surface area contributed by atoms with Gasteiger partial charge in [0.2, 0.25) is 0 Å². The van der Waals surface area contributed by atoms with Crippen molar-refractivity contribution in [2.24, 2.45) is 0 Å². The Bertz CT molecular complexity index is 909. The molecule has 9 heteroatoms. The minimum absolute atomic E-state index is 0.159. The first-order valence-electron chi connectivity index (χ1n) is 8.43. The van der Waals surface area contributed by atoms with Crippen LogP contribution in [0.2, 0.25) is 5.02 Å². The molecule has 146 valence electrons. The lowest BCUT2D eigenvalue weighted by Gasteiger charge is -2.29. The molecule has 2 N–H and O–H groups in total. The first-order valence-corrected chi connectivity index (χ1v) is 9.69. The lowest BCUT2D eigenvalue weighted by Crippen LogP contribution is -2.47. The summed E-state index contributed by atoms with van der Waals surface area (Å²) in [7, 11) is 0. The van der Waals surface area contributed by atoms with E-state index in [2.05, 4.69) is 10.6 Å². The number of carbonyl (C=O) groups excluding carboxylic acids is 3. The van der Waals surface area contributed by atoms with Crippen molar-refractivity contribution in [3.05, 3.63) is 68.5 Å². The van der Waals surface area contributed by atoms with Crippen LogP contribution in [0, 0.1) is 0 Å². The van der Waals surface area contributed by atoms with Gasteiger partial charge in [-0.15, -0.1) is 11.3 Å². The average Bonchev–Trinajstić information content (AvgIpc) is 3.21. The second kappa shape index (κ2) is 8.90. The lowest BCUT2D eigenvalue weighted by atomic mass is 9.95. The maximum Gasteiger partial charge on any atom is 0.348 e. The normalized spacial score (nSPS) is 16.2. The summed E-state index contributed by atoms with van der Waals surface area (Å²) in [6.07, 6.45) is 0. The number of urea groups is 1. The van der Waals surface area contributed by atoms with Gasteiger partial charge in [-0.25, -0.2) is 14.4 Å². The van der Waals surface area contributed by atoms with Crippen molar-refractivity contribution < 1.29 is 23.9 Å². The molecule has 3 rings (SSSR count). The zero-order valence-corrected chi connectivity index (χ0v) is 16.4. The van der Waals surface area contributed by atoms with Crippen molar-refractivity contribution in [1.29, 1.82) is 0 Å². The maximum atomic E-state index is 12.6. The Kier molecular flexibility index (Phi) is 6.33. The van der Waals surface area contributed by atoms with Gasteiger partial charge in [-0.05, 0) is 36.1 Å². The van der Waals surface area contributed by atoms with Gasteiger partial charge in [0.1, 0.15) is 11.5 Å². The van der Waals surface area contributed by atoms with Gasteiger partial charge in [-0.1, -0.05) is 29.8 Å². The highest BCUT2D eigenvalue weighted by atomic mass is 35.5. The van der Waals surface area contributed by atoms with Crippen molar-refractivity contribution in [2.45, 2.75) is 13.0 Å². The average molecular weight is 421 g/mol. The van der Waals surface area contributed by atoms with Crippen molar-refractivity contribution in [2.75, 3.05) is 13.2 Å². The predicted octanol–water partition coefficient (Wildman–Crippen LogP) is 3.43. The number of thiophene rings is 1. The Labute approximate surface area is 170 Å². The molecule has 0 radical (unpaired) electrons. The van der Waals surface area contributed by atoms with Crippen LogP contribution in [0.5, 0.6) is 0 Å². The molecular weight excluding hydrogens is 404 g/mol. The van der Waals surface area contributed by atoms with Crippen molar-refractivity contribution >= 4 is 40.9 Å². The zero-order valence-electron chi connectivity index (χ0n) is 14.9. The van der Waals surface area contributed by atoms with Crippen LogP contribution in [0.1, 0.15) is 28.2 Å². The topological polar surface area (TPSA) is 93.7 Å². The minimum Gasteiger partial charge on any atom is -0.463 e. The van der Waals surface area contributed by atoms with Crippen LogP contribution in [0.3, 0.4) is 0 Å². The molecule has 7 nitrogen and oxygen atoms in total. The number of rotatable bonds is 6. The molecule has 0 aliphatic carbocycles. The molecule has 2 amide bonds. The Hall–Kier alpha value is -2.84. The summed E-state index contributed by atoms with van der Waals surface area (Å²) in [5.74, 6) is -1.15. The summed E-state index contributed by atoms with van der Waals surface area (Å²) in [6.45, 7) is 1.56. The molecule has 0 spiro atoms. The molecule has 2 heterocycles. The van der Waals surface area contributed by atoms with Gasteiger partial charge >= 0.3 is 18.0 Å². The van der Waals surface area contributed by atoms with Gasteiger partial charge in [0, 0.05) is 5.02 Å². The number of halogens is 1. The number of hydrogen-bond donors (Lipinski definition) is 2. The van der Waals surface area contributed by atoms with E-state index >= 15 is 0 Å². The molecule has 0 bridgehead atoms. The van der Waals surface area contributed by atoms with E-state index in [1.807, 2.05) is 0 Å². The van der Waals surface area contributed by atoms with Gasteiger partial charge in [0.15, 0.2) is 0 Å². The van der Waals surface area contributed by atoms with Gasteiger partial charge in [-0.2, -0.15) is 0 Å². The Balaban J connectivity index is 1.93. The van der Waals surface area contributed by atoms with Crippen LogP contribution in [0.25, 0.3) is 0 Å². The predicted molar refractivity (Wildman–Crippen MR) is 104 cm³/mol. The van der Waals surface area contributed by atoms with Crippen LogP contribution < -0.4 is 10.6 Å². The highest BCUT2D eigenvalue weighted by Gasteiger charge is 2.34. The van der Waals surface area contributed by atoms with E-state index in [1.54, 1.807) is 48.7 Å². The fourth-order valence-electron chi connectivity index (χ4n) is 2.69. The maximum absolute atomic E-state index is 12.6. The van der Waals surface area contributed by atoms with Gasteiger partial charge in [0.25, 0.3) is 0 Å². The van der Waals surface area contributed by atoms with Gasteiger partial charge in [-0.3, -0.25) is 0 Å². The van der Waals surface area contributed by atoms with Crippen molar-refractivity contribution in [1.82, 2.24) is 10.6 Å². The molecule has 1 aliphatic rings. The number of carbonyl (C=O) groups is 3. The molecule has 1 aliphatic heterocycles. The molecule has 0 unspecified atom stereocenters. The molecule has 28 heavy (non-hydrogen) atoms. The van der Waals surface area contributed by atoms with E-state index in [-0.39, 0.29) is 24.5 Å². The number of amides is 2. The van der Waals surface area contributed by atoms with Gasteiger partial charge in [0.05, 0.1) is 23.9 Å². The third kappa shape index (κ3) is 4.52. The highest BCUT2D eigenvalue weighted by Crippen LogP contribution is 2.29. The van der Waals surface area contributed by atoms with Crippen LogP contribution in [0.4, 0.5) is 4.79 Å². The summed E-state index contributed by atoms with van der Waals surface area (Å²) in [4.78, 5) is 37.3. The quantitative estimate of drug-likeness (QED) is 0.698. The first kappa shape index (κ1) is 19.9. The molecular formula is C19H17ClN2O5S. The molecule has 2 aromatic rings. The molecule has 1 atom stereocenters. The van der Waals surface area contributed by atoms with Crippen molar-refractivity contribution in [3.63, 3.8) is 0 Å². The van der Waals surface area contributed by atoms with Crippen LogP contribution in [-0.4, -0.2) is 31.2 Å². The minimum atomic E-state index is -0.763. The summed E-state index contributed by atoms with van der Waals surface area (Å²) < 4.78 is 10.4. The zero-order chi connectivity index (χ0) is 20.1. The fraction of sp³-hybridized carbons (Fsp3) is 0.211. The Morgan fingerprint density at radius 3 is 2.54 bits per heavy atom. The van der Waals surface area contributed by atoms with Crippen LogP contribution >= 0.6 is 22.9 Å². The second-order valence-corrected chi connectivity index (χ2v) is 7.13. The largest absolute Gasteiger partial charge is 0.463 e. The van der Waals surface area contributed by atoms with Crippen LogP contribution in [-0.2, 0) is 14.3 Å². The fourth-order valence-corrected chi connectivity index (χ4v) is 3.43. The van der Waals surface area contributed by atoms with Gasteiger partial charge < -0.3 is 20.1 Å². The first-order chi connectivity index (χ1) is 13.5. The van der Waals surface area contributed by atoms with E-state index < -0.39 is 24.0 Å². The van der Waals surface area contributed by atoms with Crippen LogP contribution in [0.15, 0.2) is 53.0 Å². The summed E-state index contributed by atoms with van der Waals surface area (Å²) >= 11 is 7.17. The van der Waals surface area contributed by atoms with E-state index in [0.717, 1.165) is 0 Å². The van der Waals surface area contributed by atoms with E-state index in [0.29, 0.717) is 15.5 Å². The molecule has 1 aromatic carbocycles. The standard InChI is InChI=1S/C19H17ClN2O5S/c1-2-26-18(24)15-13(10-27-17(23)14-4-3-9-28-14)21-19(25)22-16(15)11-5-7-12(20)8-6-11/h3-9,16H,2,10H2,1H3,(H2,21,22,25)/t16-/m0/s1. The lowest BCUT2D eigenvalue weighted by molar-refractivity contribution is -0.139. The number of nitrogens with one attached hydrogen (secondary N) is 2. The Morgan fingerprint density at radius 1 is 1.14 bits per heavy atom. The van der Waals surface area contributed by atoms with E-state index in [1.165, 1.54) is 11.3 Å². The molecule has 0 saturated carbocycles. The van der Waals surface area contributed by atoms with Crippen molar-refractivity contribution in [3.8, 4) is 0 Å². The highest BCUT2D eigenvalue weighted by molar-refractivity contribution is 7.11. The van der Waals surface area contributed by atoms with E-state index in [4.69, 9.17) is 21.1 Å². The third-order valence-electron chi connectivity index (χ3n) is 3.92. The molecule has 0 fully saturated rings. The molecule has 0 saturated heterocycles. The Morgan fingerprint density at radius 2 is 1.89 bits per heavy atom. The SMILES string of the molecule is CCOC(=O)C1=C(COC(=O)c2cccs2)NC(=O)N[C@H]1c1ccc(Cl)cc1. The monoisotopic (exact) mass is 420 g/mol. The smallest absolute Gasteiger partial charge is 0.348 e.